The zero-order valence-corrected chi connectivity index (χ0v) is 13.1. The van der Waals surface area contributed by atoms with Crippen LogP contribution in [0.2, 0.25) is 0 Å². The van der Waals surface area contributed by atoms with Crippen LogP contribution in [0.1, 0.15) is 57.6 Å². The van der Waals surface area contributed by atoms with Crippen LogP contribution in [0, 0.1) is 5.92 Å². The van der Waals surface area contributed by atoms with E-state index in [0.29, 0.717) is 6.04 Å². The van der Waals surface area contributed by atoms with Crippen molar-refractivity contribution in [3.63, 3.8) is 0 Å². The van der Waals surface area contributed by atoms with Crippen LogP contribution < -0.4 is 5.32 Å². The van der Waals surface area contributed by atoms with Gasteiger partial charge in [0, 0.05) is 31.6 Å². The summed E-state index contributed by atoms with van der Waals surface area (Å²) in [5.74, 6) is 0.859. The molecule has 0 bridgehead atoms. The van der Waals surface area contributed by atoms with Gasteiger partial charge in [0.1, 0.15) is 0 Å². The van der Waals surface area contributed by atoms with Gasteiger partial charge in [0.05, 0.1) is 6.61 Å². The lowest BCUT2D eigenvalue weighted by molar-refractivity contribution is 0.123. The van der Waals surface area contributed by atoms with E-state index >= 15 is 0 Å². The highest BCUT2D eigenvalue weighted by Crippen LogP contribution is 2.41. The zero-order chi connectivity index (χ0) is 14.2. The second-order valence-electron chi connectivity index (χ2n) is 5.92. The Morgan fingerprint density at radius 3 is 2.85 bits per heavy atom. The number of nitrogens with zero attached hydrogens (tertiary/aromatic N) is 1. The van der Waals surface area contributed by atoms with E-state index in [2.05, 4.69) is 42.2 Å². The summed E-state index contributed by atoms with van der Waals surface area (Å²) in [6.45, 7) is 8.23. The molecule has 0 spiro atoms. The average molecular weight is 278 g/mol. The zero-order valence-electron chi connectivity index (χ0n) is 13.1. The Hall–Kier alpha value is -0.800. The van der Waals surface area contributed by atoms with Gasteiger partial charge in [-0.25, -0.2) is 0 Å². The lowest BCUT2D eigenvalue weighted by Crippen LogP contribution is -2.23. The molecule has 1 saturated carbocycles. The molecule has 0 aromatic carbocycles. The summed E-state index contributed by atoms with van der Waals surface area (Å²) in [6.07, 6.45) is 10.8. The van der Waals surface area contributed by atoms with Crippen LogP contribution in [0.3, 0.4) is 0 Å². The van der Waals surface area contributed by atoms with Gasteiger partial charge in [0.15, 0.2) is 0 Å². The van der Waals surface area contributed by atoms with Gasteiger partial charge in [0.25, 0.3) is 0 Å². The van der Waals surface area contributed by atoms with E-state index in [1.165, 1.54) is 37.7 Å². The fourth-order valence-electron chi connectivity index (χ4n) is 2.59. The van der Waals surface area contributed by atoms with Crippen molar-refractivity contribution in [3.05, 3.63) is 24.0 Å². The van der Waals surface area contributed by atoms with E-state index in [1.807, 2.05) is 0 Å². The average Bonchev–Trinajstić information content (AvgIpc) is 3.18. The first-order valence-electron chi connectivity index (χ1n) is 8.32. The minimum atomic E-state index is 0.567. The maximum absolute atomic E-state index is 5.64. The Labute approximate surface area is 123 Å². The fraction of sp³-hybridized carbons (Fsp3) is 0.765. The summed E-state index contributed by atoms with van der Waals surface area (Å²) in [5.41, 5.74) is 1.45. The molecule has 0 amide bonds. The second-order valence-corrected chi connectivity index (χ2v) is 5.92. The van der Waals surface area contributed by atoms with Crippen LogP contribution in [0.15, 0.2) is 18.5 Å². The molecule has 1 aliphatic carbocycles. The molecule has 114 valence electrons. The number of hydrogen-bond acceptors (Lipinski definition) is 2. The summed E-state index contributed by atoms with van der Waals surface area (Å²) >= 11 is 0. The molecule has 1 aromatic heterocycles. The standard InChI is InChI=1S/C17H30N2O/c1-3-5-12-20-13-11-19-10-8-16(14-19)17(15-6-7-15)18-9-4-2/h8,10,14-15,17-18H,3-7,9,11-13H2,1-2H3. The number of aromatic nitrogens is 1. The van der Waals surface area contributed by atoms with Crippen molar-refractivity contribution in [1.82, 2.24) is 9.88 Å². The number of ether oxygens (including phenoxy) is 1. The van der Waals surface area contributed by atoms with Crippen molar-refractivity contribution in [2.45, 2.75) is 58.5 Å². The summed E-state index contributed by atoms with van der Waals surface area (Å²) in [7, 11) is 0. The highest BCUT2D eigenvalue weighted by Gasteiger charge is 2.32. The molecule has 1 atom stereocenters. The van der Waals surface area contributed by atoms with Gasteiger partial charge < -0.3 is 14.6 Å². The smallest absolute Gasteiger partial charge is 0.0645 e. The molecule has 1 heterocycles. The highest BCUT2D eigenvalue weighted by molar-refractivity contribution is 5.18. The van der Waals surface area contributed by atoms with Gasteiger partial charge >= 0.3 is 0 Å². The van der Waals surface area contributed by atoms with Crippen molar-refractivity contribution < 1.29 is 4.74 Å². The van der Waals surface area contributed by atoms with E-state index < -0.39 is 0 Å². The predicted octanol–water partition coefficient (Wildman–Crippen LogP) is 3.76. The number of rotatable bonds is 11. The SMILES string of the molecule is CCCCOCCn1ccc(C(NCCC)C2CC2)c1. The van der Waals surface area contributed by atoms with Crippen molar-refractivity contribution in [1.29, 1.82) is 0 Å². The Morgan fingerprint density at radius 1 is 1.30 bits per heavy atom. The first kappa shape index (κ1) is 15.6. The third-order valence-corrected chi connectivity index (χ3v) is 3.98. The minimum absolute atomic E-state index is 0.567. The van der Waals surface area contributed by atoms with Crippen LogP contribution in [0.25, 0.3) is 0 Å². The van der Waals surface area contributed by atoms with Gasteiger partial charge in [-0.15, -0.1) is 0 Å². The van der Waals surface area contributed by atoms with E-state index in [9.17, 15) is 0 Å². The van der Waals surface area contributed by atoms with Crippen molar-refractivity contribution in [2.24, 2.45) is 5.92 Å². The molecule has 3 heteroatoms. The minimum Gasteiger partial charge on any atom is -0.380 e. The van der Waals surface area contributed by atoms with Crippen LogP contribution in [-0.2, 0) is 11.3 Å². The number of unbranched alkanes of at least 4 members (excludes halogenated alkanes) is 1. The molecule has 2 rings (SSSR count). The van der Waals surface area contributed by atoms with Gasteiger partial charge in [-0.05, 0) is 49.8 Å². The monoisotopic (exact) mass is 278 g/mol. The van der Waals surface area contributed by atoms with E-state index in [4.69, 9.17) is 4.74 Å². The maximum atomic E-state index is 5.64. The molecule has 1 N–H and O–H groups in total. The van der Waals surface area contributed by atoms with Crippen LogP contribution >= 0.6 is 0 Å². The van der Waals surface area contributed by atoms with E-state index in [0.717, 1.165) is 32.2 Å². The second kappa shape index (κ2) is 8.48. The molecule has 1 aromatic rings. The maximum Gasteiger partial charge on any atom is 0.0645 e. The molecule has 1 fully saturated rings. The van der Waals surface area contributed by atoms with Crippen molar-refractivity contribution >= 4 is 0 Å². The topological polar surface area (TPSA) is 26.2 Å². The van der Waals surface area contributed by atoms with E-state index in [1.54, 1.807) is 0 Å². The molecule has 3 nitrogen and oxygen atoms in total. The van der Waals surface area contributed by atoms with Gasteiger partial charge in [-0.3, -0.25) is 0 Å². The largest absolute Gasteiger partial charge is 0.380 e. The van der Waals surface area contributed by atoms with Crippen molar-refractivity contribution in [2.75, 3.05) is 19.8 Å². The summed E-state index contributed by atoms with van der Waals surface area (Å²) in [4.78, 5) is 0. The Balaban J connectivity index is 1.77. The van der Waals surface area contributed by atoms with Crippen LogP contribution in [-0.4, -0.2) is 24.3 Å². The lowest BCUT2D eigenvalue weighted by atomic mass is 10.1. The third-order valence-electron chi connectivity index (χ3n) is 3.98. The Morgan fingerprint density at radius 2 is 2.15 bits per heavy atom. The van der Waals surface area contributed by atoms with E-state index in [-0.39, 0.29) is 0 Å². The highest BCUT2D eigenvalue weighted by atomic mass is 16.5. The molecule has 0 radical (unpaired) electrons. The van der Waals surface area contributed by atoms with Crippen molar-refractivity contribution in [3.8, 4) is 0 Å². The number of hydrogen-bond donors (Lipinski definition) is 1. The molecule has 0 saturated heterocycles. The van der Waals surface area contributed by atoms with Gasteiger partial charge in [-0.2, -0.15) is 0 Å². The molecule has 0 aliphatic heterocycles. The molecular weight excluding hydrogens is 248 g/mol. The summed E-state index contributed by atoms with van der Waals surface area (Å²) < 4.78 is 7.90. The summed E-state index contributed by atoms with van der Waals surface area (Å²) in [6, 6.07) is 2.84. The first-order valence-corrected chi connectivity index (χ1v) is 8.32. The number of nitrogens with one attached hydrogen (secondary N) is 1. The lowest BCUT2D eigenvalue weighted by Gasteiger charge is -2.16. The molecular formula is C17H30N2O. The summed E-state index contributed by atoms with van der Waals surface area (Å²) in [5, 5.41) is 3.70. The van der Waals surface area contributed by atoms with Gasteiger partial charge in [0.2, 0.25) is 0 Å². The van der Waals surface area contributed by atoms with Gasteiger partial charge in [-0.1, -0.05) is 20.3 Å². The predicted molar refractivity (Wildman–Crippen MR) is 83.9 cm³/mol. The van der Waals surface area contributed by atoms with Crippen LogP contribution in [0.4, 0.5) is 0 Å². The first-order chi connectivity index (χ1) is 9.85. The molecule has 20 heavy (non-hydrogen) atoms. The normalized spacial score (nSPS) is 16.5. The Bertz CT molecular complexity index is 371. The Kier molecular flexibility index (Phi) is 6.61. The molecule has 1 aliphatic rings. The molecule has 1 unspecified atom stereocenters. The third kappa shape index (κ3) is 4.95. The fourth-order valence-corrected chi connectivity index (χ4v) is 2.59. The van der Waals surface area contributed by atoms with Crippen LogP contribution in [0.5, 0.6) is 0 Å². The quantitative estimate of drug-likeness (QED) is 0.624.